The molecule has 0 radical (unpaired) electrons. The largest absolute Gasteiger partial charge is 0.328 e. The summed E-state index contributed by atoms with van der Waals surface area (Å²) >= 11 is 0. The van der Waals surface area contributed by atoms with E-state index in [0.717, 1.165) is 56.8 Å². The van der Waals surface area contributed by atoms with Crippen LogP contribution < -0.4 is 10.2 Å². The second-order valence-electron chi connectivity index (χ2n) is 8.72. The van der Waals surface area contributed by atoms with E-state index in [1.165, 1.54) is 18.4 Å². The van der Waals surface area contributed by atoms with Crippen molar-refractivity contribution in [1.29, 1.82) is 0 Å². The van der Waals surface area contributed by atoms with Gasteiger partial charge in [0.15, 0.2) is 0 Å². The Morgan fingerprint density at radius 3 is 2.70 bits per heavy atom. The van der Waals surface area contributed by atoms with Crippen molar-refractivity contribution < 1.29 is 4.79 Å². The molecule has 1 unspecified atom stereocenters. The first kappa shape index (κ1) is 19.2. The van der Waals surface area contributed by atoms with Gasteiger partial charge in [-0.25, -0.2) is 4.79 Å². The molecule has 6 nitrogen and oxygen atoms in total. The number of aromatic nitrogens is 1. The zero-order valence-corrected chi connectivity index (χ0v) is 17.3. The van der Waals surface area contributed by atoms with Crippen molar-refractivity contribution in [3.63, 3.8) is 0 Å². The van der Waals surface area contributed by atoms with Gasteiger partial charge in [-0.15, -0.1) is 0 Å². The lowest BCUT2D eigenvalue weighted by molar-refractivity contribution is 0.176. The monoisotopic (exact) mass is 403 g/mol. The molecule has 2 aromatic rings. The quantitative estimate of drug-likeness (QED) is 0.840. The molecule has 2 aliphatic heterocycles. The van der Waals surface area contributed by atoms with E-state index in [0.29, 0.717) is 6.04 Å². The second-order valence-corrected chi connectivity index (χ2v) is 8.72. The third-order valence-electron chi connectivity index (χ3n) is 6.64. The average Bonchev–Trinajstić information content (AvgIpc) is 3.36. The number of hydrogen-bond acceptors (Lipinski definition) is 4. The molecule has 1 aromatic carbocycles. The van der Waals surface area contributed by atoms with Crippen LogP contribution in [0.3, 0.4) is 0 Å². The number of nitrogens with one attached hydrogen (secondary N) is 1. The van der Waals surface area contributed by atoms with E-state index in [-0.39, 0.29) is 6.03 Å². The van der Waals surface area contributed by atoms with Gasteiger partial charge in [0.1, 0.15) is 11.4 Å². The molecule has 1 N–H and O–H groups in total. The Hall–Kier alpha value is -2.73. The van der Waals surface area contributed by atoms with Gasteiger partial charge >= 0.3 is 6.03 Å². The number of pyridine rings is 1. The van der Waals surface area contributed by atoms with Crippen molar-refractivity contribution >= 4 is 17.6 Å². The summed E-state index contributed by atoms with van der Waals surface area (Å²) in [7, 11) is 0. The van der Waals surface area contributed by atoms with Crippen LogP contribution in [0.5, 0.6) is 0 Å². The van der Waals surface area contributed by atoms with Gasteiger partial charge in [0, 0.05) is 19.3 Å². The molecule has 3 heterocycles. The number of rotatable bonds is 4. The fraction of sp³-hybridized carbons (Fsp3) is 0.458. The Labute approximate surface area is 178 Å². The summed E-state index contributed by atoms with van der Waals surface area (Å²) in [6.07, 6.45) is 10.2. The smallest absolute Gasteiger partial charge is 0.296 e. The number of urea groups is 1. The van der Waals surface area contributed by atoms with Crippen molar-refractivity contribution in [3.8, 4) is 0 Å². The number of benzene rings is 1. The first-order valence-corrected chi connectivity index (χ1v) is 11.1. The van der Waals surface area contributed by atoms with Crippen LogP contribution in [0, 0.1) is 0 Å². The fourth-order valence-electron chi connectivity index (χ4n) is 5.27. The summed E-state index contributed by atoms with van der Waals surface area (Å²) in [5.41, 5.74) is 1.69. The Bertz CT molecular complexity index is 910. The van der Waals surface area contributed by atoms with Crippen LogP contribution in [0.1, 0.15) is 44.1 Å². The molecule has 1 aromatic heterocycles. The SMILES string of the molecule is O=C1NC(=NC2CCCC2)C2(CCCN(Cc3ccccc3)C2)N1c1cccnc1. The summed E-state index contributed by atoms with van der Waals surface area (Å²) < 4.78 is 0. The minimum absolute atomic E-state index is 0.0821. The molecule has 1 atom stereocenters. The first-order valence-electron chi connectivity index (χ1n) is 11.1. The molecule has 0 bridgehead atoms. The Kier molecular flexibility index (Phi) is 5.25. The minimum atomic E-state index is -0.449. The van der Waals surface area contributed by atoms with Gasteiger partial charge in [0.2, 0.25) is 0 Å². The number of likely N-dealkylation sites (tertiary alicyclic amines) is 1. The summed E-state index contributed by atoms with van der Waals surface area (Å²) in [6.45, 7) is 2.69. The molecule has 1 spiro atoms. The van der Waals surface area contributed by atoms with Crippen LogP contribution in [0.4, 0.5) is 10.5 Å². The van der Waals surface area contributed by atoms with Crippen LogP contribution in [-0.2, 0) is 6.54 Å². The average molecular weight is 404 g/mol. The Morgan fingerprint density at radius 1 is 1.10 bits per heavy atom. The third-order valence-corrected chi connectivity index (χ3v) is 6.64. The maximum atomic E-state index is 13.2. The zero-order valence-electron chi connectivity index (χ0n) is 17.3. The van der Waals surface area contributed by atoms with Crippen LogP contribution in [0.15, 0.2) is 59.9 Å². The summed E-state index contributed by atoms with van der Waals surface area (Å²) in [5, 5.41) is 3.16. The number of piperidine rings is 1. The van der Waals surface area contributed by atoms with Gasteiger partial charge < -0.3 is 0 Å². The highest BCUT2D eigenvalue weighted by atomic mass is 16.2. The minimum Gasteiger partial charge on any atom is -0.296 e. The molecule has 2 amide bonds. The predicted octanol–water partition coefficient (Wildman–Crippen LogP) is 3.99. The summed E-state index contributed by atoms with van der Waals surface area (Å²) in [6, 6.07) is 14.7. The van der Waals surface area contributed by atoms with Crippen molar-refractivity contribution in [1.82, 2.24) is 15.2 Å². The van der Waals surface area contributed by atoms with Crippen molar-refractivity contribution in [2.45, 2.75) is 56.7 Å². The maximum absolute atomic E-state index is 13.2. The zero-order chi connectivity index (χ0) is 20.4. The van der Waals surface area contributed by atoms with Gasteiger partial charge in [-0.05, 0) is 49.9 Å². The topological polar surface area (TPSA) is 60.8 Å². The normalized spacial score (nSPS) is 26.6. The van der Waals surface area contributed by atoms with Crippen molar-refractivity contribution in [2.24, 2.45) is 4.99 Å². The van der Waals surface area contributed by atoms with Gasteiger partial charge in [0.05, 0.1) is 17.9 Å². The van der Waals surface area contributed by atoms with E-state index < -0.39 is 5.54 Å². The molecular weight excluding hydrogens is 374 g/mol. The molecule has 3 aliphatic rings. The molecule has 30 heavy (non-hydrogen) atoms. The number of amides is 2. The fourth-order valence-corrected chi connectivity index (χ4v) is 5.27. The number of anilines is 1. The van der Waals surface area contributed by atoms with E-state index in [9.17, 15) is 4.79 Å². The van der Waals surface area contributed by atoms with Gasteiger partial charge in [-0.3, -0.25) is 25.1 Å². The van der Waals surface area contributed by atoms with Crippen LogP contribution in [0.2, 0.25) is 0 Å². The van der Waals surface area contributed by atoms with Gasteiger partial charge in [-0.1, -0.05) is 43.2 Å². The molecule has 1 aliphatic carbocycles. The number of hydrogen-bond donors (Lipinski definition) is 1. The summed E-state index contributed by atoms with van der Waals surface area (Å²) in [4.78, 5) is 27.0. The lowest BCUT2D eigenvalue weighted by Gasteiger charge is -2.44. The van der Waals surface area contributed by atoms with Crippen molar-refractivity contribution in [3.05, 3.63) is 60.4 Å². The number of nitrogens with zero attached hydrogens (tertiary/aromatic N) is 4. The van der Waals surface area contributed by atoms with Crippen molar-refractivity contribution in [2.75, 3.05) is 18.0 Å². The third kappa shape index (κ3) is 3.60. The van der Waals surface area contributed by atoms with E-state index in [1.54, 1.807) is 12.4 Å². The first-order chi connectivity index (χ1) is 14.7. The highest BCUT2D eigenvalue weighted by Crippen LogP contribution is 2.37. The molecule has 6 heteroatoms. The molecule has 5 rings (SSSR count). The highest BCUT2D eigenvalue weighted by Gasteiger charge is 2.53. The molecular formula is C24H29N5O. The lowest BCUT2D eigenvalue weighted by Crippen LogP contribution is -2.60. The van der Waals surface area contributed by atoms with Crippen LogP contribution in [-0.4, -0.2) is 46.4 Å². The number of amidine groups is 1. The van der Waals surface area contributed by atoms with E-state index in [4.69, 9.17) is 4.99 Å². The standard InChI is InChI=1S/C24H29N5O/c30-23-27-22(26-20-10-4-5-11-20)24(29(23)21-12-6-14-25-16-21)13-7-15-28(18-24)17-19-8-2-1-3-9-19/h1-3,6,8-9,12,14,16,20H,4-5,7,10-11,13,15,17-18H2,(H,26,27,30). The highest BCUT2D eigenvalue weighted by molar-refractivity contribution is 6.19. The van der Waals surface area contributed by atoms with E-state index >= 15 is 0 Å². The summed E-state index contributed by atoms with van der Waals surface area (Å²) in [5.74, 6) is 0.862. The Balaban J connectivity index is 1.51. The number of carbonyl (C=O) groups is 1. The van der Waals surface area contributed by atoms with Gasteiger partial charge in [-0.2, -0.15) is 0 Å². The van der Waals surface area contributed by atoms with E-state index in [1.807, 2.05) is 17.0 Å². The Morgan fingerprint density at radius 2 is 1.93 bits per heavy atom. The maximum Gasteiger partial charge on any atom is 0.328 e. The van der Waals surface area contributed by atoms with Gasteiger partial charge in [0.25, 0.3) is 0 Å². The number of aliphatic imine (C=N–C) groups is 1. The molecule has 2 saturated heterocycles. The number of carbonyl (C=O) groups excluding carboxylic acids is 1. The molecule has 1 saturated carbocycles. The predicted molar refractivity (Wildman–Crippen MR) is 119 cm³/mol. The van der Waals surface area contributed by atoms with Crippen LogP contribution in [0.25, 0.3) is 0 Å². The van der Waals surface area contributed by atoms with E-state index in [2.05, 4.69) is 45.5 Å². The second kappa shape index (κ2) is 8.19. The van der Waals surface area contributed by atoms with Crippen LogP contribution >= 0.6 is 0 Å². The molecule has 156 valence electrons. The lowest BCUT2D eigenvalue weighted by atomic mass is 9.86. The molecule has 3 fully saturated rings.